The first-order chi connectivity index (χ1) is 28.1. The lowest BCUT2D eigenvalue weighted by atomic mass is 9.49. The molecule has 6 aliphatic rings. The summed E-state index contributed by atoms with van der Waals surface area (Å²) in [7, 11) is 0. The summed E-state index contributed by atoms with van der Waals surface area (Å²) in [5.74, 6) is 5.65. The van der Waals surface area contributed by atoms with E-state index in [4.69, 9.17) is 9.72 Å². The standard InChI is InChI=1S/C45H44BrN7O6/c1-44(2)42(45(3,4)43(44)59-30-10-6-26(23-47)34(46)22-30)52-24-35-32(39(52)56)11-8-27(48-35)7-5-25-19-29(20-25)51-17-15-50(16-18-51)28-9-12-31-33(21-28)41(58)53(40(31)57)36-13-14-37(54)49-38(36)55/h6,8-12,21-22,25,29,36,42-43H,13-20,24H2,1-4H3,(H,49,54,55)/t25-,29-,36?,42-,43-. The Labute approximate surface area is 351 Å². The van der Waals surface area contributed by atoms with E-state index in [1.807, 2.05) is 35.2 Å². The monoisotopic (exact) mass is 857 g/mol. The summed E-state index contributed by atoms with van der Waals surface area (Å²) in [5.41, 5.74) is 3.35. The first-order valence-electron chi connectivity index (χ1n) is 20.2. The Hall–Kier alpha value is -5.57. The summed E-state index contributed by atoms with van der Waals surface area (Å²) < 4.78 is 7.20. The highest BCUT2D eigenvalue weighted by Crippen LogP contribution is 2.59. The number of hydrogen-bond acceptors (Lipinski definition) is 10. The zero-order valence-corrected chi connectivity index (χ0v) is 35.0. The van der Waals surface area contributed by atoms with Crippen LogP contribution in [0.4, 0.5) is 5.69 Å². The van der Waals surface area contributed by atoms with E-state index in [1.54, 1.807) is 18.2 Å². The fourth-order valence-corrected chi connectivity index (χ4v) is 11.1. The molecule has 1 aromatic heterocycles. The van der Waals surface area contributed by atoms with Crippen molar-refractivity contribution in [2.75, 3.05) is 31.1 Å². The summed E-state index contributed by atoms with van der Waals surface area (Å²) in [5, 5.41) is 11.5. The SMILES string of the molecule is CC1(C)[C@H](Oc2ccc(C#N)c(Br)c2)C(C)(C)[C@H]1N1Cc2nc(C#C[C@H]3C[C@H](N4CCN(c5ccc6c(c5)C(=O)N(C5CCC(=O)NC5=O)C6=O)CC4)C3)ccc2C1=O. The molecule has 1 unspecified atom stereocenters. The minimum atomic E-state index is -0.982. The van der Waals surface area contributed by atoms with Gasteiger partial charge in [-0.3, -0.25) is 39.1 Å². The highest BCUT2D eigenvalue weighted by atomic mass is 79.9. The van der Waals surface area contributed by atoms with Crippen molar-refractivity contribution in [2.45, 2.75) is 84.2 Å². The van der Waals surface area contributed by atoms with Crippen molar-refractivity contribution in [3.63, 3.8) is 0 Å². The van der Waals surface area contributed by atoms with Gasteiger partial charge in [0.15, 0.2) is 0 Å². The number of aromatic nitrogens is 1. The number of nitrogens with one attached hydrogen (secondary N) is 1. The van der Waals surface area contributed by atoms with E-state index in [2.05, 4.69) is 76.7 Å². The number of ether oxygens (including phenoxy) is 1. The Morgan fingerprint density at radius 2 is 1.58 bits per heavy atom. The van der Waals surface area contributed by atoms with E-state index in [1.165, 1.54) is 0 Å². The summed E-state index contributed by atoms with van der Waals surface area (Å²) >= 11 is 3.46. The number of piperazine rings is 1. The number of pyridine rings is 1. The molecule has 13 nitrogen and oxygen atoms in total. The van der Waals surface area contributed by atoms with Gasteiger partial charge in [0, 0.05) is 71.6 Å². The fourth-order valence-electron chi connectivity index (χ4n) is 10.7. The van der Waals surface area contributed by atoms with Crippen LogP contribution in [0.15, 0.2) is 53.0 Å². The van der Waals surface area contributed by atoms with Crippen LogP contribution in [0.25, 0.3) is 0 Å². The van der Waals surface area contributed by atoms with Gasteiger partial charge in [-0.25, -0.2) is 4.98 Å². The third-order valence-corrected chi connectivity index (χ3v) is 14.0. The normalized spacial score (nSPS) is 26.9. The van der Waals surface area contributed by atoms with Gasteiger partial charge in [-0.05, 0) is 89.6 Å². The minimum Gasteiger partial charge on any atom is -0.489 e. The Morgan fingerprint density at radius 1 is 0.864 bits per heavy atom. The summed E-state index contributed by atoms with van der Waals surface area (Å²) in [4.78, 5) is 76.8. The highest BCUT2D eigenvalue weighted by Gasteiger charge is 2.67. The van der Waals surface area contributed by atoms with Gasteiger partial charge in [0.25, 0.3) is 17.7 Å². The lowest BCUT2D eigenvalue weighted by Gasteiger charge is -2.65. The Bertz CT molecular complexity index is 2440. The van der Waals surface area contributed by atoms with E-state index in [0.29, 0.717) is 45.2 Å². The number of piperidine rings is 1. The minimum absolute atomic E-state index is 0.0177. The van der Waals surface area contributed by atoms with Crippen LogP contribution in [-0.2, 0) is 16.1 Å². The molecular formula is C45H44BrN7O6. The van der Waals surface area contributed by atoms with Crippen molar-refractivity contribution >= 4 is 51.2 Å². The van der Waals surface area contributed by atoms with Crippen LogP contribution in [0.2, 0.25) is 0 Å². The number of rotatable bonds is 6. The van der Waals surface area contributed by atoms with Crippen molar-refractivity contribution in [2.24, 2.45) is 16.7 Å². The molecule has 3 aromatic rings. The van der Waals surface area contributed by atoms with Gasteiger partial charge in [-0.2, -0.15) is 5.26 Å². The Balaban J connectivity index is 0.776. The summed E-state index contributed by atoms with van der Waals surface area (Å²) in [6.45, 7) is 12.3. The molecule has 5 heterocycles. The van der Waals surface area contributed by atoms with Crippen LogP contribution < -0.4 is 15.0 Å². The van der Waals surface area contributed by atoms with Crippen LogP contribution >= 0.6 is 15.9 Å². The molecule has 0 spiro atoms. The molecule has 5 amide bonds. The number of benzene rings is 2. The predicted molar refractivity (Wildman–Crippen MR) is 219 cm³/mol. The Morgan fingerprint density at radius 3 is 2.27 bits per heavy atom. The van der Waals surface area contributed by atoms with Crippen LogP contribution in [0, 0.1) is 39.9 Å². The van der Waals surface area contributed by atoms with Crippen molar-refractivity contribution < 1.29 is 28.7 Å². The number of fused-ring (bicyclic) bond motifs is 2. The molecule has 0 bridgehead atoms. The van der Waals surface area contributed by atoms with Crippen LogP contribution in [0.1, 0.15) is 101 Å². The third-order valence-electron chi connectivity index (χ3n) is 13.3. The van der Waals surface area contributed by atoms with Gasteiger partial charge in [0.1, 0.15) is 29.7 Å². The lowest BCUT2D eigenvalue weighted by molar-refractivity contribution is -0.199. The summed E-state index contributed by atoms with van der Waals surface area (Å²) in [6.07, 6.45) is 2.01. The van der Waals surface area contributed by atoms with Crippen molar-refractivity contribution in [1.29, 1.82) is 5.26 Å². The second kappa shape index (κ2) is 14.3. The number of carbonyl (C=O) groups is 5. The topological polar surface area (TPSA) is 156 Å². The molecule has 4 aliphatic heterocycles. The second-order valence-electron chi connectivity index (χ2n) is 17.7. The average Bonchev–Trinajstić information content (AvgIpc) is 3.63. The van der Waals surface area contributed by atoms with Gasteiger partial charge >= 0.3 is 0 Å². The maximum absolute atomic E-state index is 13.8. The molecule has 2 aliphatic carbocycles. The molecule has 2 saturated heterocycles. The van der Waals surface area contributed by atoms with Crippen LogP contribution in [0.3, 0.4) is 0 Å². The number of anilines is 1. The molecule has 2 saturated carbocycles. The second-order valence-corrected chi connectivity index (χ2v) is 18.6. The van der Waals surface area contributed by atoms with E-state index in [0.717, 1.165) is 55.3 Å². The van der Waals surface area contributed by atoms with E-state index >= 15 is 0 Å². The average molecular weight is 859 g/mol. The zero-order chi connectivity index (χ0) is 41.5. The molecule has 1 atom stereocenters. The van der Waals surface area contributed by atoms with Gasteiger partial charge in [0.05, 0.1) is 34.5 Å². The zero-order valence-electron chi connectivity index (χ0n) is 33.4. The van der Waals surface area contributed by atoms with Gasteiger partial charge < -0.3 is 14.5 Å². The number of nitrogens with zero attached hydrogens (tertiary/aromatic N) is 6. The molecular weight excluding hydrogens is 814 g/mol. The van der Waals surface area contributed by atoms with E-state index in [-0.39, 0.29) is 53.2 Å². The molecule has 9 rings (SSSR count). The molecule has 14 heteroatoms. The first-order valence-corrected chi connectivity index (χ1v) is 21.0. The maximum Gasteiger partial charge on any atom is 0.262 e. The third kappa shape index (κ3) is 6.48. The molecule has 4 fully saturated rings. The molecule has 302 valence electrons. The van der Waals surface area contributed by atoms with E-state index < -0.39 is 29.7 Å². The molecule has 0 radical (unpaired) electrons. The van der Waals surface area contributed by atoms with Gasteiger partial charge in [0.2, 0.25) is 11.8 Å². The van der Waals surface area contributed by atoms with Gasteiger partial charge in [-0.1, -0.05) is 33.6 Å². The highest BCUT2D eigenvalue weighted by molar-refractivity contribution is 9.10. The number of nitriles is 1. The quantitative estimate of drug-likeness (QED) is 0.267. The smallest absolute Gasteiger partial charge is 0.262 e. The maximum atomic E-state index is 13.8. The first kappa shape index (κ1) is 38.9. The van der Waals surface area contributed by atoms with Crippen LogP contribution in [-0.4, -0.2) is 99.6 Å². The molecule has 1 N–H and O–H groups in total. The van der Waals surface area contributed by atoms with E-state index in [9.17, 15) is 29.2 Å². The number of carbonyl (C=O) groups excluding carboxylic acids is 5. The molecule has 2 aromatic carbocycles. The lowest BCUT2D eigenvalue weighted by Crippen LogP contribution is -2.74. The Kier molecular flexibility index (Phi) is 9.44. The fraction of sp³-hybridized carbons (Fsp3) is 0.444. The predicted octanol–water partition coefficient (Wildman–Crippen LogP) is 4.91. The van der Waals surface area contributed by atoms with Gasteiger partial charge in [-0.15, -0.1) is 0 Å². The van der Waals surface area contributed by atoms with Crippen LogP contribution in [0.5, 0.6) is 5.75 Å². The number of halogens is 1. The molecule has 59 heavy (non-hydrogen) atoms. The van der Waals surface area contributed by atoms with Crippen molar-refractivity contribution in [3.05, 3.63) is 86.6 Å². The number of hydrogen-bond donors (Lipinski definition) is 1. The number of imide groups is 2. The largest absolute Gasteiger partial charge is 0.489 e. The van der Waals surface area contributed by atoms with Crippen molar-refractivity contribution in [1.82, 2.24) is 25.0 Å². The van der Waals surface area contributed by atoms with Crippen molar-refractivity contribution in [3.8, 4) is 23.7 Å². The number of amides is 5. The summed E-state index contributed by atoms with van der Waals surface area (Å²) in [6, 6.07) is 15.9.